The summed E-state index contributed by atoms with van der Waals surface area (Å²) in [6.45, 7) is 4.89. The van der Waals surface area contributed by atoms with Crippen LogP contribution < -0.4 is 5.32 Å². The van der Waals surface area contributed by atoms with Crippen molar-refractivity contribution >= 4 is 11.8 Å². The van der Waals surface area contributed by atoms with Crippen molar-refractivity contribution in [1.82, 2.24) is 15.1 Å². The molecular weight excluding hydrogens is 206 g/mol. The Morgan fingerprint density at radius 2 is 2.53 bits per heavy atom. The standard InChI is InChI=1S/C11H17N3S/c1-3-8-15-9-7-12-10-11-5-6-13-14(11)4-2/h1,5-6,12H,4,7-10H2,2H3. The zero-order valence-electron chi connectivity index (χ0n) is 9.07. The van der Waals surface area contributed by atoms with E-state index in [1.54, 1.807) is 11.8 Å². The Balaban J connectivity index is 2.12. The zero-order valence-corrected chi connectivity index (χ0v) is 9.89. The van der Waals surface area contributed by atoms with Crippen molar-refractivity contribution in [2.24, 2.45) is 0 Å². The average Bonchev–Trinajstić information content (AvgIpc) is 2.70. The van der Waals surface area contributed by atoms with Gasteiger partial charge >= 0.3 is 0 Å². The number of terminal acetylenes is 1. The molecule has 3 nitrogen and oxygen atoms in total. The molecule has 1 aromatic rings. The van der Waals surface area contributed by atoms with Gasteiger partial charge in [0, 0.05) is 31.6 Å². The molecule has 1 heterocycles. The SMILES string of the molecule is C#CCSCCNCc1ccnn1CC. The van der Waals surface area contributed by atoms with Crippen molar-refractivity contribution in [2.75, 3.05) is 18.1 Å². The second-order valence-corrected chi connectivity index (χ2v) is 4.18. The number of nitrogens with zero attached hydrogens (tertiary/aromatic N) is 2. The van der Waals surface area contributed by atoms with Crippen LogP contribution in [0.1, 0.15) is 12.6 Å². The van der Waals surface area contributed by atoms with Gasteiger partial charge in [0.2, 0.25) is 0 Å². The maximum Gasteiger partial charge on any atom is 0.0545 e. The first kappa shape index (κ1) is 12.2. The fourth-order valence-corrected chi connectivity index (χ4v) is 1.84. The van der Waals surface area contributed by atoms with Gasteiger partial charge in [-0.15, -0.1) is 18.2 Å². The fraction of sp³-hybridized carbons (Fsp3) is 0.545. The first-order valence-electron chi connectivity index (χ1n) is 5.11. The van der Waals surface area contributed by atoms with Gasteiger partial charge in [0.05, 0.1) is 11.4 Å². The third kappa shape index (κ3) is 4.41. The minimum absolute atomic E-state index is 0.800. The molecule has 15 heavy (non-hydrogen) atoms. The van der Waals surface area contributed by atoms with E-state index in [4.69, 9.17) is 6.42 Å². The molecule has 0 aliphatic heterocycles. The highest BCUT2D eigenvalue weighted by Crippen LogP contribution is 1.99. The van der Waals surface area contributed by atoms with E-state index in [2.05, 4.69) is 23.3 Å². The minimum atomic E-state index is 0.800. The Hall–Kier alpha value is -0.920. The van der Waals surface area contributed by atoms with Gasteiger partial charge in [-0.2, -0.15) is 5.10 Å². The predicted molar refractivity (Wildman–Crippen MR) is 65.8 cm³/mol. The van der Waals surface area contributed by atoms with Crippen LogP contribution >= 0.6 is 11.8 Å². The van der Waals surface area contributed by atoms with Gasteiger partial charge in [0.1, 0.15) is 0 Å². The largest absolute Gasteiger partial charge is 0.310 e. The van der Waals surface area contributed by atoms with E-state index in [1.807, 2.05) is 16.9 Å². The third-order valence-corrected chi connectivity index (χ3v) is 2.88. The first-order valence-corrected chi connectivity index (χ1v) is 6.26. The Labute approximate surface area is 95.6 Å². The van der Waals surface area contributed by atoms with Crippen molar-refractivity contribution in [3.8, 4) is 12.3 Å². The Morgan fingerprint density at radius 1 is 1.67 bits per heavy atom. The molecule has 0 fully saturated rings. The van der Waals surface area contributed by atoms with Crippen LogP contribution in [0.5, 0.6) is 0 Å². The van der Waals surface area contributed by atoms with Crippen molar-refractivity contribution < 1.29 is 0 Å². The number of rotatable bonds is 7. The summed E-state index contributed by atoms with van der Waals surface area (Å²) in [5, 5.41) is 7.58. The zero-order chi connectivity index (χ0) is 10.9. The van der Waals surface area contributed by atoms with E-state index < -0.39 is 0 Å². The normalized spacial score (nSPS) is 10.1. The molecule has 0 saturated carbocycles. The summed E-state index contributed by atoms with van der Waals surface area (Å²) in [5.74, 6) is 4.47. The molecule has 0 aliphatic carbocycles. The lowest BCUT2D eigenvalue weighted by Crippen LogP contribution is -2.19. The van der Waals surface area contributed by atoms with Gasteiger partial charge in [0.25, 0.3) is 0 Å². The molecule has 4 heteroatoms. The molecule has 1 aromatic heterocycles. The molecular formula is C11H17N3S. The lowest BCUT2D eigenvalue weighted by Gasteiger charge is -2.05. The summed E-state index contributed by atoms with van der Waals surface area (Å²) in [7, 11) is 0. The van der Waals surface area contributed by atoms with Gasteiger partial charge in [0.15, 0.2) is 0 Å². The summed E-state index contributed by atoms with van der Waals surface area (Å²) >= 11 is 1.78. The number of thioether (sulfide) groups is 1. The molecule has 0 amide bonds. The maximum atomic E-state index is 5.16. The Morgan fingerprint density at radius 3 is 3.27 bits per heavy atom. The van der Waals surface area contributed by atoms with Gasteiger partial charge in [-0.05, 0) is 13.0 Å². The topological polar surface area (TPSA) is 29.9 Å². The Bertz CT molecular complexity index is 314. The first-order chi connectivity index (χ1) is 7.38. The average molecular weight is 223 g/mol. The molecule has 0 radical (unpaired) electrons. The lowest BCUT2D eigenvalue weighted by atomic mass is 10.4. The van der Waals surface area contributed by atoms with Crippen LogP contribution in [0.15, 0.2) is 12.3 Å². The summed E-state index contributed by atoms with van der Waals surface area (Å²) < 4.78 is 2.00. The van der Waals surface area contributed by atoms with Crippen LogP contribution in [-0.4, -0.2) is 27.8 Å². The Kier molecular flexibility index (Phi) is 5.98. The highest BCUT2D eigenvalue weighted by molar-refractivity contribution is 7.99. The lowest BCUT2D eigenvalue weighted by molar-refractivity contribution is 0.591. The molecule has 0 aromatic carbocycles. The van der Waals surface area contributed by atoms with E-state index in [0.29, 0.717) is 0 Å². The summed E-state index contributed by atoms with van der Waals surface area (Å²) in [4.78, 5) is 0. The number of nitrogens with one attached hydrogen (secondary N) is 1. The van der Waals surface area contributed by atoms with E-state index in [1.165, 1.54) is 5.69 Å². The van der Waals surface area contributed by atoms with Crippen LogP contribution in [0.2, 0.25) is 0 Å². The third-order valence-electron chi connectivity index (χ3n) is 2.02. The van der Waals surface area contributed by atoms with Gasteiger partial charge < -0.3 is 5.32 Å². The molecule has 0 saturated heterocycles. The van der Waals surface area contributed by atoms with Gasteiger partial charge in [-0.1, -0.05) is 5.92 Å². The highest BCUT2D eigenvalue weighted by atomic mass is 32.2. The van der Waals surface area contributed by atoms with Gasteiger partial charge in [-0.25, -0.2) is 0 Å². The van der Waals surface area contributed by atoms with Crippen LogP contribution in [0.3, 0.4) is 0 Å². The van der Waals surface area contributed by atoms with E-state index in [-0.39, 0.29) is 0 Å². The van der Waals surface area contributed by atoms with E-state index in [9.17, 15) is 0 Å². The monoisotopic (exact) mass is 223 g/mol. The smallest absolute Gasteiger partial charge is 0.0545 e. The van der Waals surface area contributed by atoms with Crippen molar-refractivity contribution in [3.05, 3.63) is 18.0 Å². The van der Waals surface area contributed by atoms with Gasteiger partial charge in [-0.3, -0.25) is 4.68 Å². The van der Waals surface area contributed by atoms with Crippen molar-refractivity contribution in [3.63, 3.8) is 0 Å². The van der Waals surface area contributed by atoms with Crippen LogP contribution in [-0.2, 0) is 13.1 Å². The van der Waals surface area contributed by atoms with Crippen LogP contribution in [0, 0.1) is 12.3 Å². The van der Waals surface area contributed by atoms with Crippen molar-refractivity contribution in [1.29, 1.82) is 0 Å². The predicted octanol–water partition coefficient (Wildman–Crippen LogP) is 1.36. The summed E-state index contributed by atoms with van der Waals surface area (Å²) in [6.07, 6.45) is 7.00. The number of hydrogen-bond acceptors (Lipinski definition) is 3. The highest BCUT2D eigenvalue weighted by Gasteiger charge is 1.98. The molecule has 0 atom stereocenters. The maximum absolute atomic E-state index is 5.16. The van der Waals surface area contributed by atoms with E-state index in [0.717, 1.165) is 31.1 Å². The van der Waals surface area contributed by atoms with E-state index >= 15 is 0 Å². The summed E-state index contributed by atoms with van der Waals surface area (Å²) in [5.41, 5.74) is 1.24. The second kappa shape index (κ2) is 7.38. The molecule has 0 bridgehead atoms. The fourth-order valence-electron chi connectivity index (χ4n) is 1.29. The minimum Gasteiger partial charge on any atom is -0.310 e. The number of hydrogen-bond donors (Lipinski definition) is 1. The van der Waals surface area contributed by atoms with Crippen LogP contribution in [0.4, 0.5) is 0 Å². The molecule has 0 aliphatic rings. The second-order valence-electron chi connectivity index (χ2n) is 3.07. The molecule has 0 unspecified atom stereocenters. The number of aromatic nitrogens is 2. The molecule has 1 rings (SSSR count). The van der Waals surface area contributed by atoms with Crippen molar-refractivity contribution in [2.45, 2.75) is 20.0 Å². The molecule has 1 N–H and O–H groups in total. The quantitative estimate of drug-likeness (QED) is 0.559. The molecule has 82 valence electrons. The van der Waals surface area contributed by atoms with Crippen LogP contribution in [0.25, 0.3) is 0 Å². The number of aryl methyl sites for hydroxylation is 1. The summed E-state index contributed by atoms with van der Waals surface area (Å²) in [6, 6.07) is 2.05. The molecule has 0 spiro atoms.